The topological polar surface area (TPSA) is 27.7 Å². The Morgan fingerprint density at radius 3 is 1.48 bits per heavy atom. The molecule has 0 bridgehead atoms. The summed E-state index contributed by atoms with van der Waals surface area (Å²) in [5, 5.41) is 0. The number of ether oxygens (including phenoxy) is 3. The van der Waals surface area contributed by atoms with E-state index in [0.717, 1.165) is 32.3 Å². The number of hydrogen-bond acceptors (Lipinski definition) is 3. The molecule has 27 heavy (non-hydrogen) atoms. The molecule has 2 atom stereocenters. The average molecular weight is 381 g/mol. The molecule has 0 aliphatic carbocycles. The summed E-state index contributed by atoms with van der Waals surface area (Å²) in [6, 6.07) is 0. The van der Waals surface area contributed by atoms with E-state index in [1.54, 1.807) is 12.5 Å². The van der Waals surface area contributed by atoms with Gasteiger partial charge < -0.3 is 14.2 Å². The van der Waals surface area contributed by atoms with Crippen molar-refractivity contribution in [1.29, 1.82) is 0 Å². The summed E-state index contributed by atoms with van der Waals surface area (Å²) in [7, 11) is 0. The standard InChI is InChI=1S/C24H44O3/c1-5-9-10-11-14-17-20-23(26-7-3)24(27-8-4)21-18-15-12-13-16-19-22-25-6-2/h6-8,23-24H,2-5,9-22H2,1H3. The fourth-order valence-electron chi connectivity index (χ4n) is 3.38. The molecule has 0 aliphatic rings. The Morgan fingerprint density at radius 1 is 0.593 bits per heavy atom. The molecule has 0 aromatic rings. The second-order valence-corrected chi connectivity index (χ2v) is 7.19. The van der Waals surface area contributed by atoms with Gasteiger partial charge in [-0.1, -0.05) is 84.4 Å². The third-order valence-corrected chi connectivity index (χ3v) is 4.92. The molecule has 0 saturated heterocycles. The van der Waals surface area contributed by atoms with Gasteiger partial charge in [0.25, 0.3) is 0 Å². The fraction of sp³-hybridized carbons (Fsp3) is 0.750. The van der Waals surface area contributed by atoms with Crippen LogP contribution in [-0.2, 0) is 14.2 Å². The first-order chi connectivity index (χ1) is 13.3. The largest absolute Gasteiger partial charge is 0.502 e. The average Bonchev–Trinajstić information content (AvgIpc) is 2.67. The molecule has 0 N–H and O–H groups in total. The van der Waals surface area contributed by atoms with E-state index in [4.69, 9.17) is 14.2 Å². The number of unbranched alkanes of at least 4 members (excludes halogenated alkanes) is 10. The lowest BCUT2D eigenvalue weighted by atomic mass is 9.99. The maximum atomic E-state index is 5.79. The van der Waals surface area contributed by atoms with Crippen molar-refractivity contribution >= 4 is 0 Å². The molecule has 3 heteroatoms. The monoisotopic (exact) mass is 380 g/mol. The van der Waals surface area contributed by atoms with Crippen molar-refractivity contribution < 1.29 is 14.2 Å². The molecule has 0 aromatic carbocycles. The molecule has 0 spiro atoms. The maximum absolute atomic E-state index is 5.79. The first-order valence-corrected chi connectivity index (χ1v) is 11.0. The summed E-state index contributed by atoms with van der Waals surface area (Å²) in [6.07, 6.45) is 21.9. The predicted octanol–water partition coefficient (Wildman–Crippen LogP) is 7.69. The van der Waals surface area contributed by atoms with Gasteiger partial charge in [0, 0.05) is 0 Å². The summed E-state index contributed by atoms with van der Waals surface area (Å²) < 4.78 is 16.7. The highest BCUT2D eigenvalue weighted by Gasteiger charge is 2.22. The van der Waals surface area contributed by atoms with Crippen LogP contribution in [-0.4, -0.2) is 18.8 Å². The van der Waals surface area contributed by atoms with E-state index in [1.165, 1.54) is 70.5 Å². The van der Waals surface area contributed by atoms with Crippen molar-refractivity contribution in [3.05, 3.63) is 38.5 Å². The second-order valence-electron chi connectivity index (χ2n) is 7.19. The second kappa shape index (κ2) is 20.9. The molecule has 0 fully saturated rings. The van der Waals surface area contributed by atoms with Gasteiger partial charge in [0.2, 0.25) is 0 Å². The van der Waals surface area contributed by atoms with Crippen LogP contribution in [0.3, 0.4) is 0 Å². The minimum atomic E-state index is 0.0807. The summed E-state index contributed by atoms with van der Waals surface area (Å²) in [6.45, 7) is 14.1. The maximum Gasteiger partial charge on any atom is 0.134 e. The Balaban J connectivity index is 4.00. The van der Waals surface area contributed by atoms with E-state index in [0.29, 0.717) is 0 Å². The predicted molar refractivity (Wildman–Crippen MR) is 117 cm³/mol. The molecular formula is C24H44O3. The zero-order chi connectivity index (χ0) is 20.0. The van der Waals surface area contributed by atoms with Gasteiger partial charge >= 0.3 is 0 Å². The quantitative estimate of drug-likeness (QED) is 0.142. The Hall–Kier alpha value is -1.38. The molecule has 0 saturated carbocycles. The van der Waals surface area contributed by atoms with E-state index in [-0.39, 0.29) is 12.2 Å². The van der Waals surface area contributed by atoms with Crippen LogP contribution in [0.1, 0.15) is 96.8 Å². The van der Waals surface area contributed by atoms with Gasteiger partial charge in [-0.2, -0.15) is 0 Å². The molecule has 3 nitrogen and oxygen atoms in total. The van der Waals surface area contributed by atoms with Crippen LogP contribution >= 0.6 is 0 Å². The SMILES string of the molecule is C=COCCCCCCCCC(OC=C)C(CCCCCCCC)OC=C. The molecule has 0 rings (SSSR count). The highest BCUT2D eigenvalue weighted by atomic mass is 16.5. The van der Waals surface area contributed by atoms with Crippen LogP contribution < -0.4 is 0 Å². The van der Waals surface area contributed by atoms with Gasteiger partial charge in [0.1, 0.15) is 12.2 Å². The molecule has 158 valence electrons. The van der Waals surface area contributed by atoms with Crippen LogP contribution in [0.4, 0.5) is 0 Å². The van der Waals surface area contributed by atoms with Crippen LogP contribution in [0.25, 0.3) is 0 Å². The normalized spacial score (nSPS) is 12.8. The minimum absolute atomic E-state index is 0.0807. The molecule has 0 aliphatic heterocycles. The van der Waals surface area contributed by atoms with Crippen molar-refractivity contribution in [2.45, 2.75) is 109 Å². The van der Waals surface area contributed by atoms with Crippen molar-refractivity contribution in [3.8, 4) is 0 Å². The summed E-state index contributed by atoms with van der Waals surface area (Å²) >= 11 is 0. The zero-order valence-electron chi connectivity index (χ0n) is 17.8. The molecule has 0 radical (unpaired) electrons. The van der Waals surface area contributed by atoms with Gasteiger partial charge in [0.15, 0.2) is 0 Å². The first kappa shape index (κ1) is 25.6. The van der Waals surface area contributed by atoms with E-state index < -0.39 is 0 Å². The molecule has 0 aromatic heterocycles. The third kappa shape index (κ3) is 16.5. The van der Waals surface area contributed by atoms with Gasteiger partial charge in [-0.15, -0.1) is 0 Å². The van der Waals surface area contributed by atoms with Gasteiger partial charge in [-0.05, 0) is 32.1 Å². The lowest BCUT2D eigenvalue weighted by Crippen LogP contribution is -2.29. The van der Waals surface area contributed by atoms with Crippen molar-refractivity contribution in [1.82, 2.24) is 0 Å². The van der Waals surface area contributed by atoms with Crippen LogP contribution in [0.15, 0.2) is 38.5 Å². The molecule has 0 heterocycles. The van der Waals surface area contributed by atoms with Crippen molar-refractivity contribution in [3.63, 3.8) is 0 Å². The van der Waals surface area contributed by atoms with E-state index >= 15 is 0 Å². The van der Waals surface area contributed by atoms with E-state index in [9.17, 15) is 0 Å². The van der Waals surface area contributed by atoms with Crippen LogP contribution in [0.2, 0.25) is 0 Å². The number of hydrogen-bond donors (Lipinski definition) is 0. The van der Waals surface area contributed by atoms with Gasteiger partial charge in [-0.25, -0.2) is 0 Å². The van der Waals surface area contributed by atoms with E-state index in [2.05, 4.69) is 26.7 Å². The Labute approximate surface area is 168 Å². The smallest absolute Gasteiger partial charge is 0.134 e. The van der Waals surface area contributed by atoms with Crippen molar-refractivity contribution in [2.75, 3.05) is 6.61 Å². The zero-order valence-corrected chi connectivity index (χ0v) is 17.8. The lowest BCUT2D eigenvalue weighted by molar-refractivity contribution is -0.0110. The summed E-state index contributed by atoms with van der Waals surface area (Å²) in [5.74, 6) is 0. The molecule has 2 unspecified atom stereocenters. The first-order valence-electron chi connectivity index (χ1n) is 11.0. The van der Waals surface area contributed by atoms with Gasteiger partial charge in [-0.3, -0.25) is 0 Å². The molecular weight excluding hydrogens is 336 g/mol. The number of rotatable bonds is 22. The van der Waals surface area contributed by atoms with Crippen LogP contribution in [0.5, 0.6) is 0 Å². The summed E-state index contributed by atoms with van der Waals surface area (Å²) in [5.41, 5.74) is 0. The highest BCUT2D eigenvalue weighted by molar-refractivity contribution is 4.76. The fourth-order valence-corrected chi connectivity index (χ4v) is 3.38. The third-order valence-electron chi connectivity index (χ3n) is 4.92. The van der Waals surface area contributed by atoms with Crippen molar-refractivity contribution in [2.24, 2.45) is 0 Å². The summed E-state index contributed by atoms with van der Waals surface area (Å²) in [4.78, 5) is 0. The van der Waals surface area contributed by atoms with E-state index in [1.807, 2.05) is 0 Å². The van der Waals surface area contributed by atoms with Crippen LogP contribution in [0, 0.1) is 0 Å². The molecule has 0 amide bonds. The Morgan fingerprint density at radius 2 is 1.04 bits per heavy atom. The van der Waals surface area contributed by atoms with Gasteiger partial charge in [0.05, 0.1) is 25.4 Å². The lowest BCUT2D eigenvalue weighted by Gasteiger charge is -2.26. The minimum Gasteiger partial charge on any atom is -0.502 e. The highest BCUT2D eigenvalue weighted by Crippen LogP contribution is 2.20. The Kier molecular flexibility index (Phi) is 19.9. The Bertz CT molecular complexity index is 341.